The third-order valence-electron chi connectivity index (χ3n) is 2.41. The topological polar surface area (TPSA) is 110 Å². The highest BCUT2D eigenvalue weighted by Crippen LogP contribution is 2.25. The number of carbonyl (C=O) groups excluding carboxylic acids is 2. The second-order valence-corrected chi connectivity index (χ2v) is 5.03. The van der Waals surface area contributed by atoms with Crippen molar-refractivity contribution < 1.29 is 24.2 Å². The van der Waals surface area contributed by atoms with Gasteiger partial charge in [-0.05, 0) is 6.92 Å². The molecule has 7 nitrogen and oxygen atoms in total. The fourth-order valence-corrected chi connectivity index (χ4v) is 2.57. The molecule has 19 heavy (non-hydrogen) atoms. The van der Waals surface area contributed by atoms with Crippen LogP contribution in [0.2, 0.25) is 0 Å². The molecule has 0 radical (unpaired) electrons. The number of carboxylic acids is 1. The van der Waals surface area contributed by atoms with Crippen molar-refractivity contribution in [3.8, 4) is 0 Å². The summed E-state index contributed by atoms with van der Waals surface area (Å²) in [6.45, 7) is 2.60. The van der Waals surface area contributed by atoms with E-state index in [1.54, 1.807) is 0 Å². The van der Waals surface area contributed by atoms with Crippen LogP contribution in [0.25, 0.3) is 0 Å². The van der Waals surface area contributed by atoms with Crippen LogP contribution in [0.5, 0.6) is 0 Å². The van der Waals surface area contributed by atoms with Gasteiger partial charge in [-0.1, -0.05) is 0 Å². The molecule has 0 aromatic heterocycles. The highest BCUT2D eigenvalue weighted by Gasteiger charge is 2.31. The number of carboxylic acid groups (broad SMARTS) is 1. The monoisotopic (exact) mass is 288 g/mol. The number of rotatable bonds is 4. The van der Waals surface area contributed by atoms with E-state index < -0.39 is 23.9 Å². The van der Waals surface area contributed by atoms with Crippen molar-refractivity contribution in [2.24, 2.45) is 5.73 Å². The number of aliphatic carboxylic acids is 1. The molecule has 0 fully saturated rings. The Bertz CT molecular complexity index is 433. The van der Waals surface area contributed by atoms with Crippen molar-refractivity contribution in [2.45, 2.75) is 19.9 Å². The van der Waals surface area contributed by atoms with Crippen molar-refractivity contribution >= 4 is 29.6 Å². The smallest absolute Gasteiger partial charge is 0.352 e. The van der Waals surface area contributed by atoms with E-state index in [-0.39, 0.29) is 18.2 Å². The molecule has 1 atom stereocenters. The summed E-state index contributed by atoms with van der Waals surface area (Å²) in [5.41, 5.74) is 5.75. The fraction of sp³-hybridized carbons (Fsp3) is 0.545. The van der Waals surface area contributed by atoms with Crippen LogP contribution in [0.1, 0.15) is 13.8 Å². The van der Waals surface area contributed by atoms with Crippen LogP contribution < -0.4 is 5.73 Å². The molecule has 0 aromatic rings. The normalized spacial score (nSPS) is 17.1. The van der Waals surface area contributed by atoms with E-state index in [1.807, 2.05) is 0 Å². The van der Waals surface area contributed by atoms with Gasteiger partial charge in [0.25, 0.3) is 0 Å². The van der Waals surface area contributed by atoms with Crippen molar-refractivity contribution in [2.75, 3.05) is 18.2 Å². The van der Waals surface area contributed by atoms with Crippen LogP contribution in [-0.2, 0) is 19.1 Å². The molecule has 1 rings (SSSR count). The van der Waals surface area contributed by atoms with Gasteiger partial charge in [-0.3, -0.25) is 14.5 Å². The van der Waals surface area contributed by atoms with Gasteiger partial charge in [-0.25, -0.2) is 4.79 Å². The minimum atomic E-state index is -1.23. The Balaban J connectivity index is 3.05. The lowest BCUT2D eigenvalue weighted by Crippen LogP contribution is -2.45. The van der Waals surface area contributed by atoms with Gasteiger partial charge in [0.05, 0.1) is 11.9 Å². The number of hydrogen-bond donors (Lipinski definition) is 2. The number of esters is 1. The van der Waals surface area contributed by atoms with Gasteiger partial charge in [-0.15, -0.1) is 11.8 Å². The second-order valence-electron chi connectivity index (χ2n) is 4.07. The Kier molecular flexibility index (Phi) is 5.37. The summed E-state index contributed by atoms with van der Waals surface area (Å²) in [6.07, 6.45) is 0. The summed E-state index contributed by atoms with van der Waals surface area (Å²) in [4.78, 5) is 35.1. The molecular formula is C11H16N2O5S. The molecule has 1 aliphatic heterocycles. The predicted molar refractivity (Wildman–Crippen MR) is 69.1 cm³/mol. The van der Waals surface area contributed by atoms with Crippen LogP contribution in [-0.4, -0.2) is 52.1 Å². The number of hydrogen-bond acceptors (Lipinski definition) is 6. The van der Waals surface area contributed by atoms with Gasteiger partial charge in [0.1, 0.15) is 12.3 Å². The first kappa shape index (κ1) is 15.5. The lowest BCUT2D eigenvalue weighted by molar-refractivity contribution is -0.141. The second kappa shape index (κ2) is 6.58. The molecule has 3 N–H and O–H groups in total. The summed E-state index contributed by atoms with van der Waals surface area (Å²) < 4.78 is 4.81. The van der Waals surface area contributed by atoms with Crippen LogP contribution >= 0.6 is 11.8 Å². The van der Waals surface area contributed by atoms with Crippen LogP contribution in [0.3, 0.4) is 0 Å². The van der Waals surface area contributed by atoms with E-state index in [0.717, 1.165) is 4.90 Å². The Labute approximate surface area is 114 Å². The first-order valence-corrected chi connectivity index (χ1v) is 6.73. The van der Waals surface area contributed by atoms with Gasteiger partial charge in [0.2, 0.25) is 5.91 Å². The number of thioether (sulfide) groups is 1. The van der Waals surface area contributed by atoms with Crippen LogP contribution in [0.4, 0.5) is 0 Å². The Morgan fingerprint density at radius 1 is 1.53 bits per heavy atom. The zero-order valence-corrected chi connectivity index (χ0v) is 11.5. The number of nitrogens with zero attached hydrogens (tertiary/aromatic N) is 1. The van der Waals surface area contributed by atoms with Crippen LogP contribution in [0, 0.1) is 0 Å². The molecule has 0 saturated heterocycles. The van der Waals surface area contributed by atoms with Crippen molar-refractivity contribution in [1.82, 2.24) is 4.90 Å². The standard InChI is InChI=1S/C11H16N2O5S/c1-6(12)10(15)13-5-19-4-8(3-18-7(2)14)9(13)11(16)17/h6H,3-5,12H2,1-2H3,(H,16,17)/t6-/m0/s1. The molecule has 0 unspecified atom stereocenters. The third kappa shape index (κ3) is 3.97. The number of carbonyl (C=O) groups is 3. The van der Waals surface area contributed by atoms with Gasteiger partial charge in [-0.2, -0.15) is 0 Å². The average molecular weight is 288 g/mol. The highest BCUT2D eigenvalue weighted by atomic mass is 32.2. The molecule has 0 aromatic carbocycles. The molecule has 106 valence electrons. The summed E-state index contributed by atoms with van der Waals surface area (Å²) >= 11 is 1.37. The Morgan fingerprint density at radius 2 is 2.16 bits per heavy atom. The van der Waals surface area contributed by atoms with Gasteiger partial charge >= 0.3 is 11.9 Å². The lowest BCUT2D eigenvalue weighted by Gasteiger charge is -2.30. The number of ether oxygens (including phenoxy) is 1. The van der Waals surface area contributed by atoms with E-state index >= 15 is 0 Å². The fourth-order valence-electron chi connectivity index (χ4n) is 1.57. The molecule has 0 bridgehead atoms. The predicted octanol–water partition coefficient (Wildman–Crippen LogP) is -0.232. The van der Waals surface area contributed by atoms with Gasteiger partial charge in [0.15, 0.2) is 0 Å². The van der Waals surface area contributed by atoms with Crippen molar-refractivity contribution in [3.05, 3.63) is 11.3 Å². The minimum Gasteiger partial charge on any atom is -0.477 e. The van der Waals surface area contributed by atoms with Crippen molar-refractivity contribution in [1.29, 1.82) is 0 Å². The molecule has 1 heterocycles. The van der Waals surface area contributed by atoms with E-state index in [0.29, 0.717) is 11.3 Å². The number of nitrogens with two attached hydrogens (primary N) is 1. The molecule has 1 amide bonds. The van der Waals surface area contributed by atoms with E-state index in [1.165, 1.54) is 25.6 Å². The minimum absolute atomic E-state index is 0.132. The largest absolute Gasteiger partial charge is 0.477 e. The van der Waals surface area contributed by atoms with Gasteiger partial charge in [0, 0.05) is 18.2 Å². The quantitative estimate of drug-likeness (QED) is 0.687. The molecule has 0 aliphatic carbocycles. The number of amides is 1. The highest BCUT2D eigenvalue weighted by molar-refractivity contribution is 7.99. The molecular weight excluding hydrogens is 272 g/mol. The summed E-state index contributed by atoms with van der Waals surface area (Å²) in [7, 11) is 0. The summed E-state index contributed by atoms with van der Waals surface area (Å²) in [5, 5.41) is 9.23. The maximum atomic E-state index is 11.9. The first-order valence-electron chi connectivity index (χ1n) is 5.58. The molecule has 0 saturated carbocycles. The first-order chi connectivity index (χ1) is 8.84. The molecule has 8 heteroatoms. The summed E-state index contributed by atoms with van der Waals surface area (Å²) in [5.74, 6) is -1.57. The SMILES string of the molecule is CC(=O)OCC1=C(C(=O)O)N(C(=O)[C@H](C)N)CSC1. The molecule has 0 spiro atoms. The summed E-state index contributed by atoms with van der Waals surface area (Å²) in [6, 6.07) is -0.789. The average Bonchev–Trinajstić information content (AvgIpc) is 2.34. The van der Waals surface area contributed by atoms with E-state index in [4.69, 9.17) is 10.5 Å². The Morgan fingerprint density at radius 3 is 2.63 bits per heavy atom. The Hall–Kier alpha value is -1.54. The van der Waals surface area contributed by atoms with Gasteiger partial charge < -0.3 is 15.6 Å². The zero-order chi connectivity index (χ0) is 14.6. The van der Waals surface area contributed by atoms with Crippen LogP contribution in [0.15, 0.2) is 11.3 Å². The van der Waals surface area contributed by atoms with Crippen molar-refractivity contribution in [3.63, 3.8) is 0 Å². The lowest BCUT2D eigenvalue weighted by atomic mass is 10.2. The third-order valence-corrected chi connectivity index (χ3v) is 3.40. The maximum absolute atomic E-state index is 11.9. The molecule has 1 aliphatic rings. The zero-order valence-electron chi connectivity index (χ0n) is 10.7. The van der Waals surface area contributed by atoms with E-state index in [9.17, 15) is 19.5 Å². The van der Waals surface area contributed by atoms with E-state index in [2.05, 4.69) is 0 Å². The maximum Gasteiger partial charge on any atom is 0.352 e.